The maximum absolute atomic E-state index is 12.1. The Morgan fingerprint density at radius 3 is 2.65 bits per heavy atom. The highest BCUT2D eigenvalue weighted by molar-refractivity contribution is 5.93. The molecular weight excluding hydrogens is 386 g/mol. The van der Waals surface area contributed by atoms with Gasteiger partial charge in [-0.3, -0.25) is 4.79 Å². The first-order valence-electron chi connectivity index (χ1n) is 11.3. The molecule has 3 aliphatic carbocycles. The van der Waals surface area contributed by atoms with Crippen molar-refractivity contribution in [3.63, 3.8) is 0 Å². The predicted molar refractivity (Wildman–Crippen MR) is 122 cm³/mol. The van der Waals surface area contributed by atoms with Crippen LogP contribution in [-0.2, 0) is 9.53 Å². The molecule has 162 valence electrons. The average molecular weight is 418 g/mol. The summed E-state index contributed by atoms with van der Waals surface area (Å²) in [5.74, 6) is 3.25. The Kier molecular flexibility index (Phi) is 4.70. The van der Waals surface area contributed by atoms with E-state index >= 15 is 0 Å². The maximum atomic E-state index is 12.1. The molecule has 5 atom stereocenters. The fraction of sp³-hybridized carbons (Fsp3) is 0.519. The van der Waals surface area contributed by atoms with Crippen molar-refractivity contribution in [1.82, 2.24) is 0 Å². The summed E-state index contributed by atoms with van der Waals surface area (Å²) in [4.78, 5) is 14.2. The van der Waals surface area contributed by atoms with E-state index in [1.54, 1.807) is 6.08 Å². The number of terminal acetylenes is 1. The Morgan fingerprint density at radius 2 is 1.97 bits per heavy atom. The first-order chi connectivity index (χ1) is 14.8. The van der Waals surface area contributed by atoms with E-state index in [-0.39, 0.29) is 23.7 Å². The zero-order valence-electron chi connectivity index (χ0n) is 18.6. The summed E-state index contributed by atoms with van der Waals surface area (Å²) in [6, 6.07) is 8.70. The average Bonchev–Trinajstić information content (AvgIpc) is 3.04. The molecule has 4 heteroatoms. The summed E-state index contributed by atoms with van der Waals surface area (Å²) in [5, 5.41) is 11.4. The summed E-state index contributed by atoms with van der Waals surface area (Å²) < 4.78 is 6.46. The number of fused-ring (bicyclic) bond motifs is 4. The molecule has 0 saturated heterocycles. The van der Waals surface area contributed by atoms with Crippen LogP contribution in [0.2, 0.25) is 0 Å². The van der Waals surface area contributed by atoms with Gasteiger partial charge in [0, 0.05) is 37.5 Å². The van der Waals surface area contributed by atoms with Crippen molar-refractivity contribution in [2.45, 2.75) is 56.7 Å². The Morgan fingerprint density at radius 1 is 1.23 bits per heavy atom. The third-order valence-electron chi connectivity index (χ3n) is 8.42. The van der Waals surface area contributed by atoms with Gasteiger partial charge in [0.05, 0.1) is 12.7 Å². The molecule has 1 aromatic rings. The number of carbonyl (C=O) groups excluding carboxylic acids is 1. The molecule has 0 radical (unpaired) electrons. The summed E-state index contributed by atoms with van der Waals surface area (Å²) in [6.45, 7) is 2.63. The van der Waals surface area contributed by atoms with Gasteiger partial charge in [0.15, 0.2) is 5.78 Å². The maximum Gasteiger partial charge on any atom is 0.156 e. The second kappa shape index (κ2) is 7.08. The number of nitrogens with zero attached hydrogens (tertiary/aromatic N) is 1. The highest BCUT2D eigenvalue weighted by Gasteiger charge is 2.63. The van der Waals surface area contributed by atoms with Crippen LogP contribution in [0.1, 0.15) is 50.5 Å². The lowest BCUT2D eigenvalue weighted by Crippen LogP contribution is -2.53. The quantitative estimate of drug-likeness (QED) is 0.739. The van der Waals surface area contributed by atoms with Crippen molar-refractivity contribution in [2.75, 3.05) is 25.6 Å². The van der Waals surface area contributed by atoms with Crippen molar-refractivity contribution in [2.24, 2.45) is 11.3 Å². The normalized spacial score (nSPS) is 36.8. The fourth-order valence-corrected chi connectivity index (χ4v) is 6.56. The Hall–Kier alpha value is -2.35. The molecule has 4 nitrogen and oxygen atoms in total. The Balaban J connectivity index is 1.67. The minimum Gasteiger partial charge on any atom is -0.378 e. The summed E-state index contributed by atoms with van der Waals surface area (Å²) in [7, 11) is 4.08. The van der Waals surface area contributed by atoms with Crippen molar-refractivity contribution >= 4 is 11.5 Å². The molecule has 1 aliphatic heterocycles. The number of hydrogen-bond acceptors (Lipinski definition) is 4. The van der Waals surface area contributed by atoms with Crippen LogP contribution in [0.25, 0.3) is 0 Å². The molecule has 2 saturated carbocycles. The van der Waals surface area contributed by atoms with Crippen molar-refractivity contribution in [1.29, 1.82) is 0 Å². The van der Waals surface area contributed by atoms with Gasteiger partial charge in [-0.25, -0.2) is 0 Å². The third-order valence-corrected chi connectivity index (χ3v) is 8.42. The molecule has 0 amide bonds. The van der Waals surface area contributed by atoms with Crippen LogP contribution in [0.15, 0.2) is 47.1 Å². The van der Waals surface area contributed by atoms with Crippen LogP contribution in [0.3, 0.4) is 0 Å². The number of carbonyl (C=O) groups is 1. The minimum absolute atomic E-state index is 0.0556. The van der Waals surface area contributed by atoms with Gasteiger partial charge < -0.3 is 14.7 Å². The van der Waals surface area contributed by atoms with E-state index in [0.29, 0.717) is 19.4 Å². The van der Waals surface area contributed by atoms with Crippen molar-refractivity contribution < 1.29 is 14.6 Å². The van der Waals surface area contributed by atoms with Gasteiger partial charge in [0.2, 0.25) is 0 Å². The van der Waals surface area contributed by atoms with Gasteiger partial charge in [0.25, 0.3) is 0 Å². The van der Waals surface area contributed by atoms with Gasteiger partial charge in [-0.05, 0) is 72.1 Å². The molecule has 0 spiro atoms. The molecule has 4 aliphatic rings. The molecule has 2 fully saturated rings. The van der Waals surface area contributed by atoms with Crippen LogP contribution < -0.4 is 4.90 Å². The molecule has 1 aromatic carbocycles. The molecule has 5 rings (SSSR count). The number of hydrogen-bond donors (Lipinski definition) is 1. The smallest absolute Gasteiger partial charge is 0.156 e. The predicted octanol–water partition coefficient (Wildman–Crippen LogP) is 4.01. The van der Waals surface area contributed by atoms with E-state index in [2.05, 4.69) is 42.0 Å². The van der Waals surface area contributed by atoms with E-state index in [0.717, 1.165) is 30.5 Å². The molecule has 0 aromatic heterocycles. The highest BCUT2D eigenvalue weighted by Crippen LogP contribution is 2.64. The van der Waals surface area contributed by atoms with E-state index in [4.69, 9.17) is 11.2 Å². The number of allylic oxidation sites excluding steroid dienone is 1. The van der Waals surface area contributed by atoms with Gasteiger partial charge in [0.1, 0.15) is 5.60 Å². The highest BCUT2D eigenvalue weighted by atomic mass is 16.5. The van der Waals surface area contributed by atoms with Gasteiger partial charge in [-0.15, -0.1) is 6.42 Å². The van der Waals surface area contributed by atoms with Crippen LogP contribution in [-0.4, -0.2) is 43.3 Å². The largest absolute Gasteiger partial charge is 0.378 e. The Bertz CT molecular complexity index is 1030. The molecule has 31 heavy (non-hydrogen) atoms. The number of benzene rings is 1. The van der Waals surface area contributed by atoms with Gasteiger partial charge in [-0.2, -0.15) is 0 Å². The molecule has 0 unspecified atom stereocenters. The zero-order chi connectivity index (χ0) is 22.0. The monoisotopic (exact) mass is 417 g/mol. The number of anilines is 1. The number of ketones is 1. The van der Waals surface area contributed by atoms with Crippen molar-refractivity contribution in [3.8, 4) is 12.3 Å². The topological polar surface area (TPSA) is 49.8 Å². The fourth-order valence-electron chi connectivity index (χ4n) is 6.56. The van der Waals surface area contributed by atoms with E-state index < -0.39 is 11.0 Å². The van der Waals surface area contributed by atoms with Crippen LogP contribution in [0, 0.1) is 23.7 Å². The van der Waals surface area contributed by atoms with E-state index in [1.807, 2.05) is 14.1 Å². The van der Waals surface area contributed by atoms with Crippen LogP contribution in [0.4, 0.5) is 5.69 Å². The third kappa shape index (κ3) is 2.94. The summed E-state index contributed by atoms with van der Waals surface area (Å²) in [5.41, 5.74) is 4.55. The number of rotatable bonds is 2. The first kappa shape index (κ1) is 20.5. The molecule has 1 N–H and O–H groups in total. The molecule has 1 heterocycles. The second-order valence-corrected chi connectivity index (χ2v) is 10.1. The van der Waals surface area contributed by atoms with Crippen molar-refractivity contribution in [3.05, 3.63) is 52.6 Å². The first-order valence-corrected chi connectivity index (χ1v) is 11.3. The standard InChI is InChI=1S/C27H31NO3/c1-5-27(30)13-12-23-25-24(21-11-10-20(29)14-18(21)16-31-25)22(15-26(23,27)2)17-6-8-19(9-7-17)28(3)4/h1,6-9,14,22-23,25,30H,10-13,15-16H2,2-4H3/t22-,23+,25+,26+,27+/m1/s1. The summed E-state index contributed by atoms with van der Waals surface area (Å²) >= 11 is 0. The summed E-state index contributed by atoms with van der Waals surface area (Å²) in [6.07, 6.45) is 11.2. The lowest BCUT2D eigenvalue weighted by Gasteiger charge is -2.53. The van der Waals surface area contributed by atoms with E-state index in [9.17, 15) is 9.90 Å². The number of ether oxygens (including phenoxy) is 1. The minimum atomic E-state index is -1.11. The SMILES string of the molecule is C#C[C@]1(O)CC[C@H]2[C@@H]3OCC4=CC(=O)CCC4=C3[C@@H](c3ccc(N(C)C)cc3)C[C@@]21C. The van der Waals surface area contributed by atoms with Gasteiger partial charge in [-0.1, -0.05) is 25.0 Å². The molecule has 0 bridgehead atoms. The van der Waals surface area contributed by atoms with Gasteiger partial charge >= 0.3 is 0 Å². The van der Waals surface area contributed by atoms with Crippen LogP contribution >= 0.6 is 0 Å². The lowest BCUT2D eigenvalue weighted by atomic mass is 9.55. The number of aliphatic hydroxyl groups is 1. The Labute approximate surface area is 185 Å². The van der Waals surface area contributed by atoms with E-state index in [1.165, 1.54) is 16.7 Å². The second-order valence-electron chi connectivity index (χ2n) is 10.1. The van der Waals surface area contributed by atoms with Crippen LogP contribution in [0.5, 0.6) is 0 Å². The lowest BCUT2D eigenvalue weighted by molar-refractivity contribution is -0.115. The molecular formula is C27H31NO3. The zero-order valence-corrected chi connectivity index (χ0v) is 18.6.